The Morgan fingerprint density at radius 3 is 2.39 bits per heavy atom. The van der Waals surface area contributed by atoms with E-state index in [0.29, 0.717) is 23.3 Å². The molecule has 0 amide bonds. The minimum absolute atomic E-state index is 0.581. The van der Waals surface area contributed by atoms with Crippen molar-refractivity contribution in [1.82, 2.24) is 9.97 Å². The van der Waals surface area contributed by atoms with Crippen LogP contribution < -0.4 is 20.1 Å². The van der Waals surface area contributed by atoms with Crippen LogP contribution in [0.1, 0.15) is 11.3 Å². The van der Waals surface area contributed by atoms with Crippen LogP contribution >= 0.6 is 11.6 Å². The maximum atomic E-state index is 5.92. The van der Waals surface area contributed by atoms with Crippen LogP contribution in [-0.2, 0) is 6.42 Å². The molecule has 2 N–H and O–H groups in total. The van der Waals surface area contributed by atoms with Gasteiger partial charge >= 0.3 is 0 Å². The largest absolute Gasteiger partial charge is 0.493 e. The number of nitrogens with one attached hydrogen (secondary N) is 2. The second-order valence-electron chi connectivity index (χ2n) is 6.22. The average Bonchev–Trinajstić information content (AvgIpc) is 2.69. The Morgan fingerprint density at radius 2 is 1.68 bits per heavy atom. The highest BCUT2D eigenvalue weighted by Crippen LogP contribution is 2.31. The molecular formula is C21H23ClN4O2. The molecule has 6 nitrogen and oxygen atoms in total. The van der Waals surface area contributed by atoms with Crippen molar-refractivity contribution < 1.29 is 9.47 Å². The first-order chi connectivity index (χ1) is 13.6. The fourth-order valence-corrected chi connectivity index (χ4v) is 2.87. The Bertz CT molecular complexity index is 932. The zero-order chi connectivity index (χ0) is 19.9. The molecule has 0 aliphatic carbocycles. The third-order valence-electron chi connectivity index (χ3n) is 4.12. The lowest BCUT2D eigenvalue weighted by atomic mass is 10.1. The van der Waals surface area contributed by atoms with Crippen molar-refractivity contribution in [2.24, 2.45) is 0 Å². The lowest BCUT2D eigenvalue weighted by molar-refractivity contribution is 0.355. The van der Waals surface area contributed by atoms with E-state index in [4.69, 9.17) is 21.1 Å². The predicted molar refractivity (Wildman–Crippen MR) is 113 cm³/mol. The molecule has 0 spiro atoms. The van der Waals surface area contributed by atoms with E-state index in [1.807, 2.05) is 55.5 Å². The van der Waals surface area contributed by atoms with Gasteiger partial charge in [-0.05, 0) is 43.2 Å². The van der Waals surface area contributed by atoms with Crippen LogP contribution in [0.2, 0.25) is 5.02 Å². The maximum Gasteiger partial charge on any atom is 0.224 e. The summed E-state index contributed by atoms with van der Waals surface area (Å²) in [5.74, 6) is 2.61. The maximum absolute atomic E-state index is 5.92. The number of aryl methyl sites for hydroxylation is 1. The monoisotopic (exact) mass is 398 g/mol. The summed E-state index contributed by atoms with van der Waals surface area (Å²) in [6.07, 6.45) is 0.854. The minimum atomic E-state index is 0.581. The zero-order valence-corrected chi connectivity index (χ0v) is 16.9. The van der Waals surface area contributed by atoms with Gasteiger partial charge in [0.1, 0.15) is 5.82 Å². The molecule has 3 rings (SSSR count). The van der Waals surface area contributed by atoms with Crippen LogP contribution in [0.4, 0.5) is 17.5 Å². The number of hydrogen-bond acceptors (Lipinski definition) is 6. The van der Waals surface area contributed by atoms with Gasteiger partial charge in [0.05, 0.1) is 14.2 Å². The topological polar surface area (TPSA) is 68.3 Å². The fourth-order valence-electron chi connectivity index (χ4n) is 2.74. The van der Waals surface area contributed by atoms with Gasteiger partial charge in [-0.15, -0.1) is 0 Å². The Balaban J connectivity index is 1.66. The number of aromatic nitrogens is 2. The third-order valence-corrected chi connectivity index (χ3v) is 4.37. The normalized spacial score (nSPS) is 10.4. The van der Waals surface area contributed by atoms with E-state index in [9.17, 15) is 0 Å². The Hall–Kier alpha value is -2.99. The molecule has 0 atom stereocenters. The molecule has 0 fully saturated rings. The van der Waals surface area contributed by atoms with Crippen molar-refractivity contribution in [3.63, 3.8) is 0 Å². The number of anilines is 3. The van der Waals surface area contributed by atoms with Crippen LogP contribution in [0.5, 0.6) is 11.5 Å². The van der Waals surface area contributed by atoms with Gasteiger partial charge in [0.2, 0.25) is 5.95 Å². The van der Waals surface area contributed by atoms with Gasteiger partial charge in [0, 0.05) is 35.1 Å². The average molecular weight is 399 g/mol. The summed E-state index contributed by atoms with van der Waals surface area (Å²) < 4.78 is 10.6. The Kier molecular flexibility index (Phi) is 6.55. The molecule has 28 heavy (non-hydrogen) atoms. The molecule has 0 aliphatic rings. The number of hydrogen-bond donors (Lipinski definition) is 2. The highest BCUT2D eigenvalue weighted by atomic mass is 35.5. The highest BCUT2D eigenvalue weighted by molar-refractivity contribution is 6.30. The second kappa shape index (κ2) is 9.28. The first-order valence-corrected chi connectivity index (χ1v) is 9.28. The lowest BCUT2D eigenvalue weighted by Gasteiger charge is -2.12. The smallest absolute Gasteiger partial charge is 0.224 e. The molecule has 0 bridgehead atoms. The number of benzene rings is 2. The number of halogens is 1. The van der Waals surface area contributed by atoms with Crippen LogP contribution in [0, 0.1) is 6.92 Å². The molecular weight excluding hydrogens is 376 g/mol. The number of ether oxygens (including phenoxy) is 2. The molecule has 7 heteroatoms. The quantitative estimate of drug-likeness (QED) is 0.565. The fraction of sp³-hybridized carbons (Fsp3) is 0.238. The van der Waals surface area contributed by atoms with E-state index in [-0.39, 0.29) is 0 Å². The lowest BCUT2D eigenvalue weighted by Crippen LogP contribution is -2.09. The first kappa shape index (κ1) is 19.8. The molecule has 1 heterocycles. The van der Waals surface area contributed by atoms with Crippen LogP contribution in [0.3, 0.4) is 0 Å². The zero-order valence-electron chi connectivity index (χ0n) is 16.1. The second-order valence-corrected chi connectivity index (χ2v) is 6.65. The molecule has 146 valence electrons. The van der Waals surface area contributed by atoms with E-state index in [2.05, 4.69) is 20.6 Å². The first-order valence-electron chi connectivity index (χ1n) is 8.90. The summed E-state index contributed by atoms with van der Waals surface area (Å²) in [7, 11) is 3.22. The number of nitrogens with zero attached hydrogens (tertiary/aromatic N) is 2. The summed E-state index contributed by atoms with van der Waals surface area (Å²) in [6, 6.07) is 15.3. The number of rotatable bonds is 8. The molecule has 0 radical (unpaired) electrons. The van der Waals surface area contributed by atoms with Gasteiger partial charge in [-0.1, -0.05) is 23.7 Å². The molecule has 0 saturated heterocycles. The van der Waals surface area contributed by atoms with Crippen LogP contribution in [0.25, 0.3) is 0 Å². The molecule has 3 aromatic rings. The standard InChI is InChI=1S/C21H23ClN4O2/c1-14-12-20(25-17-8-9-18(27-2)19(13-17)28-3)26-21(24-14)23-11-10-15-4-6-16(22)7-5-15/h4-9,12-13H,10-11H2,1-3H3,(H2,23,24,25,26). The van der Waals surface area contributed by atoms with E-state index in [1.54, 1.807) is 14.2 Å². The van der Waals surface area contributed by atoms with Crippen molar-refractivity contribution in [2.75, 3.05) is 31.4 Å². The molecule has 1 aromatic heterocycles. The van der Waals surface area contributed by atoms with Gasteiger partial charge in [0.15, 0.2) is 11.5 Å². The van der Waals surface area contributed by atoms with Crippen molar-refractivity contribution in [3.05, 3.63) is 64.8 Å². The SMILES string of the molecule is COc1ccc(Nc2cc(C)nc(NCCc3ccc(Cl)cc3)n2)cc1OC. The highest BCUT2D eigenvalue weighted by Gasteiger charge is 2.07. The van der Waals surface area contributed by atoms with Crippen LogP contribution in [-0.4, -0.2) is 30.7 Å². The summed E-state index contributed by atoms with van der Waals surface area (Å²) in [5.41, 5.74) is 2.92. The van der Waals surface area contributed by atoms with Gasteiger partial charge in [0.25, 0.3) is 0 Å². The van der Waals surface area contributed by atoms with Crippen molar-refractivity contribution >= 4 is 29.1 Å². The summed E-state index contributed by atoms with van der Waals surface area (Å²) in [6.45, 7) is 2.66. The molecule has 0 aliphatic heterocycles. The number of methoxy groups -OCH3 is 2. The summed E-state index contributed by atoms with van der Waals surface area (Å²) in [5, 5.41) is 7.30. The van der Waals surface area contributed by atoms with Gasteiger partial charge in [-0.3, -0.25) is 0 Å². The Labute approximate surface area is 169 Å². The summed E-state index contributed by atoms with van der Waals surface area (Å²) in [4.78, 5) is 9.00. The van der Waals surface area contributed by atoms with Gasteiger partial charge in [-0.2, -0.15) is 4.98 Å². The van der Waals surface area contributed by atoms with Crippen molar-refractivity contribution in [3.8, 4) is 11.5 Å². The van der Waals surface area contributed by atoms with Crippen molar-refractivity contribution in [2.45, 2.75) is 13.3 Å². The molecule has 0 saturated carbocycles. The van der Waals surface area contributed by atoms with Gasteiger partial charge in [-0.25, -0.2) is 4.98 Å². The summed E-state index contributed by atoms with van der Waals surface area (Å²) >= 11 is 5.92. The van der Waals surface area contributed by atoms with E-state index < -0.39 is 0 Å². The van der Waals surface area contributed by atoms with Crippen LogP contribution in [0.15, 0.2) is 48.5 Å². The van der Waals surface area contributed by atoms with E-state index in [0.717, 1.165) is 29.4 Å². The van der Waals surface area contributed by atoms with E-state index in [1.165, 1.54) is 5.56 Å². The Morgan fingerprint density at radius 1 is 0.929 bits per heavy atom. The third kappa shape index (κ3) is 5.27. The minimum Gasteiger partial charge on any atom is -0.493 e. The predicted octanol–water partition coefficient (Wildman–Crippen LogP) is 4.85. The molecule has 2 aromatic carbocycles. The van der Waals surface area contributed by atoms with Crippen molar-refractivity contribution in [1.29, 1.82) is 0 Å². The van der Waals surface area contributed by atoms with E-state index >= 15 is 0 Å². The molecule has 0 unspecified atom stereocenters. The van der Waals surface area contributed by atoms with Gasteiger partial charge < -0.3 is 20.1 Å².